The number of nitrogens with zero attached hydrogens (tertiary/aromatic N) is 2. The Balaban J connectivity index is 0. The summed E-state index contributed by atoms with van der Waals surface area (Å²) in [6.45, 7) is 4.04. The van der Waals surface area contributed by atoms with Gasteiger partial charge in [-0.1, -0.05) is 90.9 Å². The SMILES string of the molecule is CCCC(=O)[N-]C1CCCCC1.CCCC(=O)[N-]C1CCCCC1.[I-].[Nd+3]. The molecule has 2 amide bonds. The van der Waals surface area contributed by atoms with Crippen LogP contribution in [0.4, 0.5) is 0 Å². The Morgan fingerprint density at radius 2 is 1.00 bits per heavy atom. The molecule has 4 nitrogen and oxygen atoms in total. The van der Waals surface area contributed by atoms with Crippen molar-refractivity contribution < 1.29 is 74.4 Å². The van der Waals surface area contributed by atoms with Crippen LogP contribution in [0.3, 0.4) is 0 Å². The molecule has 2 aliphatic rings. The molecule has 2 aliphatic carbocycles. The van der Waals surface area contributed by atoms with Gasteiger partial charge in [0.25, 0.3) is 0 Å². The first kappa shape index (κ1) is 29.2. The van der Waals surface area contributed by atoms with Crippen LogP contribution < -0.4 is 24.0 Å². The van der Waals surface area contributed by atoms with Gasteiger partial charge < -0.3 is 44.2 Å². The molecule has 0 heterocycles. The van der Waals surface area contributed by atoms with Gasteiger partial charge in [0.2, 0.25) is 0 Å². The third kappa shape index (κ3) is 15.0. The first-order valence-electron chi connectivity index (χ1n) is 10.1. The normalized spacial score (nSPS) is 17.6. The second-order valence-electron chi connectivity index (χ2n) is 7.13. The fourth-order valence-corrected chi connectivity index (χ4v) is 3.38. The molecule has 0 aromatic heterocycles. The summed E-state index contributed by atoms with van der Waals surface area (Å²) in [5.74, 6) is 0.230. The van der Waals surface area contributed by atoms with Gasteiger partial charge in [0, 0.05) is 0 Å². The van der Waals surface area contributed by atoms with E-state index in [9.17, 15) is 9.59 Å². The third-order valence-electron chi connectivity index (χ3n) is 4.73. The summed E-state index contributed by atoms with van der Waals surface area (Å²) >= 11 is 0. The first-order chi connectivity index (χ1) is 11.7. The van der Waals surface area contributed by atoms with Gasteiger partial charge in [0.05, 0.1) is 11.8 Å². The van der Waals surface area contributed by atoms with Crippen LogP contribution in [0.15, 0.2) is 0 Å². The second-order valence-corrected chi connectivity index (χ2v) is 7.13. The van der Waals surface area contributed by atoms with E-state index in [0.29, 0.717) is 24.9 Å². The van der Waals surface area contributed by atoms with E-state index in [1.165, 1.54) is 38.5 Å². The van der Waals surface area contributed by atoms with Gasteiger partial charge in [0.1, 0.15) is 0 Å². The zero-order valence-electron chi connectivity index (χ0n) is 16.6. The molecule has 0 aliphatic heterocycles. The molecule has 26 heavy (non-hydrogen) atoms. The summed E-state index contributed by atoms with van der Waals surface area (Å²) in [6, 6.07) is 0.718. The van der Waals surface area contributed by atoms with Crippen molar-refractivity contribution in [2.75, 3.05) is 0 Å². The number of carbonyl (C=O) groups excluding carboxylic acids is 2. The van der Waals surface area contributed by atoms with Gasteiger partial charge in [-0.05, 0) is 12.8 Å². The molecule has 1 radical (unpaired) electrons. The average molecular weight is 608 g/mol. The van der Waals surface area contributed by atoms with Crippen molar-refractivity contribution in [3.05, 3.63) is 10.6 Å². The van der Waals surface area contributed by atoms with Crippen LogP contribution in [0.5, 0.6) is 0 Å². The summed E-state index contributed by atoms with van der Waals surface area (Å²) in [5.41, 5.74) is 0. The van der Waals surface area contributed by atoms with Crippen molar-refractivity contribution >= 4 is 11.8 Å². The van der Waals surface area contributed by atoms with Crippen LogP contribution in [-0.4, -0.2) is 23.9 Å². The maximum absolute atomic E-state index is 11.1. The van der Waals surface area contributed by atoms with E-state index in [1.807, 2.05) is 13.8 Å². The molecule has 0 bridgehead atoms. The summed E-state index contributed by atoms with van der Waals surface area (Å²) in [6.07, 6.45) is 15.3. The third-order valence-corrected chi connectivity index (χ3v) is 4.73. The molecule has 2 rings (SSSR count). The van der Waals surface area contributed by atoms with Crippen LogP contribution in [0.1, 0.15) is 104 Å². The molecular formula is C20H36IN2NdO2. The quantitative estimate of drug-likeness (QED) is 0.436. The predicted octanol–water partition coefficient (Wildman–Crippen LogP) is 3.04. The minimum absolute atomic E-state index is 0. The summed E-state index contributed by atoms with van der Waals surface area (Å²) in [4.78, 5) is 22.3. The van der Waals surface area contributed by atoms with Crippen molar-refractivity contribution in [3.8, 4) is 0 Å². The van der Waals surface area contributed by atoms with E-state index >= 15 is 0 Å². The zero-order chi connectivity index (χ0) is 17.6. The Morgan fingerprint density at radius 1 is 0.692 bits per heavy atom. The molecule has 6 heteroatoms. The molecule has 0 unspecified atom stereocenters. The van der Waals surface area contributed by atoms with Gasteiger partial charge in [-0.15, -0.1) is 12.1 Å². The van der Waals surface area contributed by atoms with Crippen LogP contribution >= 0.6 is 0 Å². The molecule has 0 atom stereocenters. The van der Waals surface area contributed by atoms with Crippen molar-refractivity contribution in [2.24, 2.45) is 0 Å². The minimum Gasteiger partial charge on any atom is -1.00 e. The Bertz CT molecular complexity index is 324. The van der Waals surface area contributed by atoms with Crippen LogP contribution in [0, 0.1) is 40.8 Å². The number of amides is 2. The summed E-state index contributed by atoms with van der Waals surface area (Å²) < 4.78 is 0. The van der Waals surface area contributed by atoms with E-state index in [0.717, 1.165) is 38.5 Å². The predicted molar refractivity (Wildman–Crippen MR) is 100 cm³/mol. The number of rotatable bonds is 6. The van der Waals surface area contributed by atoms with Gasteiger partial charge in [-0.3, -0.25) is 0 Å². The topological polar surface area (TPSA) is 62.3 Å². The molecule has 0 saturated heterocycles. The number of hydrogen-bond acceptors (Lipinski definition) is 2. The summed E-state index contributed by atoms with van der Waals surface area (Å²) in [7, 11) is 0. The molecule has 0 aromatic rings. The van der Waals surface area contributed by atoms with E-state index in [1.54, 1.807) is 0 Å². The van der Waals surface area contributed by atoms with Gasteiger partial charge in [-0.25, -0.2) is 0 Å². The smallest absolute Gasteiger partial charge is 1.00 e. The van der Waals surface area contributed by atoms with Gasteiger partial charge in [0.15, 0.2) is 0 Å². The minimum atomic E-state index is 0. The Labute approximate surface area is 210 Å². The van der Waals surface area contributed by atoms with Crippen molar-refractivity contribution in [3.63, 3.8) is 0 Å². The molecule has 0 spiro atoms. The monoisotopic (exact) mass is 605 g/mol. The van der Waals surface area contributed by atoms with Crippen molar-refractivity contribution in [1.29, 1.82) is 0 Å². The number of carbonyl (C=O) groups is 2. The number of hydrogen-bond donors (Lipinski definition) is 0. The molecule has 2 saturated carbocycles. The molecular weight excluding hydrogens is 571 g/mol. The standard InChI is InChI=1S/2C10H19NO.HI.Nd/c2*1-2-6-10(12)11-9-7-4-3-5-8-9;;/h2*9H,2-8H2,1H3,(H,11,12);1H;/q;;;+3/p-3. The van der Waals surface area contributed by atoms with Crippen molar-refractivity contribution in [1.82, 2.24) is 0 Å². The van der Waals surface area contributed by atoms with Crippen molar-refractivity contribution in [2.45, 2.75) is 116 Å². The molecule has 149 valence electrons. The average Bonchev–Trinajstić information content (AvgIpc) is 2.58. The van der Waals surface area contributed by atoms with E-state index in [4.69, 9.17) is 0 Å². The zero-order valence-corrected chi connectivity index (χ0v) is 22.0. The Kier molecular flexibility index (Phi) is 21.7. The van der Waals surface area contributed by atoms with Crippen LogP contribution in [0.2, 0.25) is 0 Å². The Morgan fingerprint density at radius 3 is 1.27 bits per heavy atom. The van der Waals surface area contributed by atoms with E-state index in [-0.39, 0.29) is 76.6 Å². The fraction of sp³-hybridized carbons (Fsp3) is 0.900. The summed E-state index contributed by atoms with van der Waals surface area (Å²) in [5, 5.41) is 8.37. The largest absolute Gasteiger partial charge is 3.00 e. The maximum atomic E-state index is 11.1. The van der Waals surface area contributed by atoms with E-state index in [2.05, 4.69) is 10.6 Å². The number of halogens is 1. The molecule has 2 fully saturated rings. The first-order valence-corrected chi connectivity index (χ1v) is 10.1. The van der Waals surface area contributed by atoms with E-state index < -0.39 is 0 Å². The Hall–Kier alpha value is 1.02. The van der Waals surface area contributed by atoms with Gasteiger partial charge >= 0.3 is 40.8 Å². The molecule has 0 N–H and O–H groups in total. The second kappa shape index (κ2) is 19.3. The van der Waals surface area contributed by atoms with Crippen LogP contribution in [-0.2, 0) is 9.59 Å². The van der Waals surface area contributed by atoms with Crippen LogP contribution in [0.25, 0.3) is 10.6 Å². The van der Waals surface area contributed by atoms with Gasteiger partial charge in [-0.2, -0.15) is 0 Å². The maximum Gasteiger partial charge on any atom is 3.00 e. The fourth-order valence-electron chi connectivity index (χ4n) is 3.38. The molecule has 0 aromatic carbocycles.